The molecule has 2 heterocycles. The molecule has 1 N–H and O–H groups in total. The Morgan fingerprint density at radius 3 is 2.45 bits per heavy atom. The van der Waals surface area contributed by atoms with E-state index in [2.05, 4.69) is 66.0 Å². The Morgan fingerprint density at radius 2 is 1.59 bits per heavy atom. The highest BCUT2D eigenvalue weighted by Gasteiger charge is 2.27. The first kappa shape index (κ1) is 11.9. The Labute approximate surface area is 129 Å². The van der Waals surface area contributed by atoms with Gasteiger partial charge in [-0.1, -0.05) is 42.5 Å². The number of anilines is 2. The number of aryl methyl sites for hydroxylation is 1. The van der Waals surface area contributed by atoms with Crippen LogP contribution in [0, 0.1) is 0 Å². The molecular formula is C20H15NO. The molecule has 1 aliphatic heterocycles. The fourth-order valence-corrected chi connectivity index (χ4v) is 3.47. The summed E-state index contributed by atoms with van der Waals surface area (Å²) in [4.78, 5) is 0. The Kier molecular flexibility index (Phi) is 2.36. The molecule has 106 valence electrons. The van der Waals surface area contributed by atoms with Crippen molar-refractivity contribution in [1.82, 2.24) is 0 Å². The van der Waals surface area contributed by atoms with Crippen LogP contribution in [0.4, 0.5) is 11.4 Å². The second-order valence-corrected chi connectivity index (χ2v) is 5.80. The van der Waals surface area contributed by atoms with Gasteiger partial charge in [0.15, 0.2) is 0 Å². The molecule has 0 bridgehead atoms. The summed E-state index contributed by atoms with van der Waals surface area (Å²) in [5.74, 6) is 2.10. The number of nitrogens with one attached hydrogen (secondary N) is 1. The van der Waals surface area contributed by atoms with Gasteiger partial charge < -0.3 is 9.73 Å². The van der Waals surface area contributed by atoms with E-state index in [1.165, 1.54) is 16.7 Å². The quantitative estimate of drug-likeness (QED) is 0.453. The van der Waals surface area contributed by atoms with Crippen molar-refractivity contribution in [3.05, 3.63) is 65.9 Å². The topological polar surface area (TPSA) is 25.2 Å². The van der Waals surface area contributed by atoms with Gasteiger partial charge in [-0.3, -0.25) is 0 Å². The molecule has 1 aliphatic carbocycles. The van der Waals surface area contributed by atoms with Crippen molar-refractivity contribution in [2.45, 2.75) is 12.8 Å². The second-order valence-electron chi connectivity index (χ2n) is 5.80. The smallest absolute Gasteiger partial charge is 0.144 e. The highest BCUT2D eigenvalue weighted by atomic mass is 16.3. The van der Waals surface area contributed by atoms with Gasteiger partial charge in [0.05, 0.1) is 0 Å². The summed E-state index contributed by atoms with van der Waals surface area (Å²) < 4.78 is 6.30. The summed E-state index contributed by atoms with van der Waals surface area (Å²) in [7, 11) is 0. The van der Waals surface area contributed by atoms with E-state index in [-0.39, 0.29) is 0 Å². The van der Waals surface area contributed by atoms with Crippen LogP contribution in [0.2, 0.25) is 0 Å². The first-order valence-electron chi connectivity index (χ1n) is 7.70. The van der Waals surface area contributed by atoms with Crippen molar-refractivity contribution in [1.29, 1.82) is 0 Å². The molecule has 0 amide bonds. The number of allylic oxidation sites excluding steroid dienone is 1. The molecule has 0 saturated heterocycles. The van der Waals surface area contributed by atoms with E-state index in [0.717, 1.165) is 41.3 Å². The van der Waals surface area contributed by atoms with E-state index in [0.29, 0.717) is 0 Å². The van der Waals surface area contributed by atoms with Crippen LogP contribution in [0.25, 0.3) is 28.5 Å². The van der Waals surface area contributed by atoms with Gasteiger partial charge in [0, 0.05) is 40.0 Å². The van der Waals surface area contributed by atoms with Crippen LogP contribution in [-0.2, 0) is 6.42 Å². The predicted molar refractivity (Wildman–Crippen MR) is 90.2 cm³/mol. The molecule has 3 aromatic rings. The summed E-state index contributed by atoms with van der Waals surface area (Å²) in [6, 6.07) is 16.8. The van der Waals surface area contributed by atoms with E-state index in [4.69, 9.17) is 4.42 Å². The van der Waals surface area contributed by atoms with Gasteiger partial charge in [-0.2, -0.15) is 0 Å². The first-order valence-corrected chi connectivity index (χ1v) is 7.70. The molecule has 0 spiro atoms. The van der Waals surface area contributed by atoms with Crippen LogP contribution in [0.5, 0.6) is 0 Å². The van der Waals surface area contributed by atoms with Crippen molar-refractivity contribution in [3.63, 3.8) is 0 Å². The normalized spacial score (nSPS) is 14.2. The van der Waals surface area contributed by atoms with Gasteiger partial charge in [0.2, 0.25) is 0 Å². The Hall–Kier alpha value is -2.74. The first-order chi connectivity index (χ1) is 10.9. The minimum absolute atomic E-state index is 0.983. The van der Waals surface area contributed by atoms with Crippen LogP contribution in [0.1, 0.15) is 17.7 Å². The standard InChI is InChI=1S/C20H15NO/c1-4-10-16-13(7-1)19-15-9-3-6-12-18(15)22-20(19)14-8-2-5-11-17(14)21-16/h1-5,7-11,21H,6,12H2. The number of para-hydroxylation sites is 2. The fourth-order valence-electron chi connectivity index (χ4n) is 3.47. The summed E-state index contributed by atoms with van der Waals surface area (Å²) in [5, 5.41) is 3.56. The van der Waals surface area contributed by atoms with Gasteiger partial charge in [-0.05, 0) is 24.6 Å². The molecule has 2 aromatic carbocycles. The molecule has 2 nitrogen and oxygen atoms in total. The van der Waals surface area contributed by atoms with Gasteiger partial charge in [-0.15, -0.1) is 0 Å². The number of fused-ring (bicyclic) bond motifs is 7. The molecule has 22 heavy (non-hydrogen) atoms. The highest BCUT2D eigenvalue weighted by Crippen LogP contribution is 2.49. The molecule has 0 unspecified atom stereocenters. The SMILES string of the molecule is C1=Cc2c(oc3c2-c2ccccc2Nc2ccccc2-3)CC1. The molecule has 0 saturated carbocycles. The largest absolute Gasteiger partial charge is 0.460 e. The predicted octanol–water partition coefficient (Wildman–Crippen LogP) is 5.63. The van der Waals surface area contributed by atoms with Crippen LogP contribution < -0.4 is 5.32 Å². The van der Waals surface area contributed by atoms with E-state index in [9.17, 15) is 0 Å². The zero-order valence-corrected chi connectivity index (χ0v) is 12.1. The van der Waals surface area contributed by atoms with Crippen molar-refractivity contribution >= 4 is 17.5 Å². The van der Waals surface area contributed by atoms with Crippen LogP contribution in [-0.4, -0.2) is 0 Å². The van der Waals surface area contributed by atoms with E-state index < -0.39 is 0 Å². The monoisotopic (exact) mass is 285 g/mol. The maximum absolute atomic E-state index is 6.30. The van der Waals surface area contributed by atoms with E-state index in [1.54, 1.807) is 0 Å². The van der Waals surface area contributed by atoms with Crippen molar-refractivity contribution in [2.24, 2.45) is 0 Å². The molecule has 2 aliphatic rings. The van der Waals surface area contributed by atoms with E-state index >= 15 is 0 Å². The van der Waals surface area contributed by atoms with Crippen molar-refractivity contribution in [3.8, 4) is 22.5 Å². The fraction of sp³-hybridized carbons (Fsp3) is 0.100. The lowest BCUT2D eigenvalue weighted by Gasteiger charge is -2.11. The zero-order chi connectivity index (χ0) is 14.5. The molecule has 0 radical (unpaired) electrons. The minimum Gasteiger partial charge on any atom is -0.460 e. The lowest BCUT2D eigenvalue weighted by atomic mass is 9.94. The average Bonchev–Trinajstić information content (AvgIpc) is 2.89. The summed E-state index contributed by atoms with van der Waals surface area (Å²) in [5.41, 5.74) is 7.05. The maximum Gasteiger partial charge on any atom is 0.144 e. The van der Waals surface area contributed by atoms with Crippen molar-refractivity contribution in [2.75, 3.05) is 5.32 Å². The maximum atomic E-state index is 6.30. The van der Waals surface area contributed by atoms with Gasteiger partial charge in [0.25, 0.3) is 0 Å². The third-order valence-corrected chi connectivity index (χ3v) is 4.48. The highest BCUT2D eigenvalue weighted by molar-refractivity contribution is 6.00. The third kappa shape index (κ3) is 1.55. The Balaban J connectivity index is 1.93. The molecule has 5 rings (SSSR count). The third-order valence-electron chi connectivity index (χ3n) is 4.48. The van der Waals surface area contributed by atoms with Gasteiger partial charge >= 0.3 is 0 Å². The van der Waals surface area contributed by atoms with Crippen LogP contribution in [0.3, 0.4) is 0 Å². The number of rotatable bonds is 0. The molecule has 2 heteroatoms. The number of benzene rings is 2. The summed E-state index contributed by atoms with van der Waals surface area (Å²) in [6.45, 7) is 0. The molecule has 0 atom stereocenters. The average molecular weight is 285 g/mol. The Bertz CT molecular complexity index is 917. The molecular weight excluding hydrogens is 270 g/mol. The summed E-state index contributed by atoms with van der Waals surface area (Å²) in [6.07, 6.45) is 6.49. The second kappa shape index (κ2) is 4.38. The van der Waals surface area contributed by atoms with Crippen LogP contribution in [0.15, 0.2) is 59.0 Å². The lowest BCUT2D eigenvalue weighted by Crippen LogP contribution is -1.93. The number of hydrogen-bond acceptors (Lipinski definition) is 2. The van der Waals surface area contributed by atoms with E-state index in [1.807, 2.05) is 0 Å². The number of furan rings is 1. The van der Waals surface area contributed by atoms with Crippen LogP contribution >= 0.6 is 0 Å². The minimum atomic E-state index is 0.983. The molecule has 0 fully saturated rings. The molecule has 1 aromatic heterocycles. The van der Waals surface area contributed by atoms with Gasteiger partial charge in [0.1, 0.15) is 11.5 Å². The van der Waals surface area contributed by atoms with Crippen molar-refractivity contribution < 1.29 is 4.42 Å². The number of hydrogen-bond donors (Lipinski definition) is 1. The van der Waals surface area contributed by atoms with Gasteiger partial charge in [-0.25, -0.2) is 0 Å². The Morgan fingerprint density at radius 1 is 0.864 bits per heavy atom. The lowest BCUT2D eigenvalue weighted by molar-refractivity contribution is 0.521. The zero-order valence-electron chi connectivity index (χ0n) is 12.1. The summed E-state index contributed by atoms with van der Waals surface area (Å²) >= 11 is 0.